The normalized spacial score (nSPS) is 21.6. The van der Waals surface area contributed by atoms with E-state index < -0.39 is 12.0 Å². The molecule has 1 rings (SSSR count). The van der Waals surface area contributed by atoms with Crippen LogP contribution in [0.2, 0.25) is 0 Å². The molecule has 0 aromatic carbocycles. The summed E-state index contributed by atoms with van der Waals surface area (Å²) in [6, 6.07) is -0.422. The third-order valence-corrected chi connectivity index (χ3v) is 3.60. The highest BCUT2D eigenvalue weighted by atomic mass is 16.4. The first-order valence-electron chi connectivity index (χ1n) is 6.55. The standard InChI is InChI=1S/C13H25NO2/c1-10(9-14-11(2)13(15)16)8-12-6-4-3-5-7-12/h10-12,14H,3-9H2,1-2H3,(H,15,16)/t10?,11-/m0/s1. The second-order valence-corrected chi connectivity index (χ2v) is 5.31. The number of nitrogens with one attached hydrogen (secondary N) is 1. The van der Waals surface area contributed by atoms with E-state index in [0.29, 0.717) is 5.92 Å². The van der Waals surface area contributed by atoms with Gasteiger partial charge >= 0.3 is 5.97 Å². The van der Waals surface area contributed by atoms with Crippen molar-refractivity contribution >= 4 is 5.97 Å². The number of hydrogen-bond donors (Lipinski definition) is 2. The fourth-order valence-electron chi connectivity index (χ4n) is 2.54. The Morgan fingerprint density at radius 3 is 2.50 bits per heavy atom. The Kier molecular flexibility index (Phi) is 5.81. The Bertz CT molecular complexity index is 212. The Hall–Kier alpha value is -0.570. The van der Waals surface area contributed by atoms with Gasteiger partial charge in [0.2, 0.25) is 0 Å². The van der Waals surface area contributed by atoms with Crippen molar-refractivity contribution in [2.75, 3.05) is 6.54 Å². The minimum Gasteiger partial charge on any atom is -0.480 e. The van der Waals surface area contributed by atoms with Crippen LogP contribution < -0.4 is 5.32 Å². The molecule has 1 aliphatic carbocycles. The molecule has 0 aromatic heterocycles. The number of carboxylic acids is 1. The second-order valence-electron chi connectivity index (χ2n) is 5.31. The van der Waals surface area contributed by atoms with Crippen molar-refractivity contribution in [2.24, 2.45) is 11.8 Å². The first kappa shape index (κ1) is 13.5. The minimum atomic E-state index is -0.759. The van der Waals surface area contributed by atoms with E-state index in [9.17, 15) is 4.79 Å². The first-order chi connectivity index (χ1) is 7.59. The minimum absolute atomic E-state index is 0.422. The van der Waals surface area contributed by atoms with E-state index in [0.717, 1.165) is 12.5 Å². The third kappa shape index (κ3) is 4.97. The summed E-state index contributed by atoms with van der Waals surface area (Å²) in [6.45, 7) is 4.75. The smallest absolute Gasteiger partial charge is 0.320 e. The Balaban J connectivity index is 2.14. The molecule has 0 amide bonds. The maximum absolute atomic E-state index is 10.6. The summed E-state index contributed by atoms with van der Waals surface area (Å²) < 4.78 is 0. The summed E-state index contributed by atoms with van der Waals surface area (Å²) in [4.78, 5) is 10.6. The first-order valence-corrected chi connectivity index (χ1v) is 6.55. The molecule has 0 aliphatic heterocycles. The molecule has 0 radical (unpaired) electrons. The van der Waals surface area contributed by atoms with Crippen LogP contribution in [-0.4, -0.2) is 23.7 Å². The van der Waals surface area contributed by atoms with Crippen molar-refractivity contribution in [3.05, 3.63) is 0 Å². The maximum Gasteiger partial charge on any atom is 0.320 e. The molecule has 1 aliphatic rings. The van der Waals surface area contributed by atoms with Crippen molar-refractivity contribution in [3.63, 3.8) is 0 Å². The van der Waals surface area contributed by atoms with Crippen LogP contribution in [0.1, 0.15) is 52.4 Å². The molecule has 1 fully saturated rings. The predicted octanol–water partition coefficient (Wildman–Crippen LogP) is 2.66. The molecule has 94 valence electrons. The van der Waals surface area contributed by atoms with Gasteiger partial charge in [-0.2, -0.15) is 0 Å². The monoisotopic (exact) mass is 227 g/mol. The molecule has 0 saturated heterocycles. The second kappa shape index (κ2) is 6.89. The zero-order valence-electron chi connectivity index (χ0n) is 10.5. The predicted molar refractivity (Wildman–Crippen MR) is 65.5 cm³/mol. The lowest BCUT2D eigenvalue weighted by Gasteiger charge is -2.25. The molecule has 0 spiro atoms. The van der Waals surface area contributed by atoms with Crippen LogP contribution in [0.4, 0.5) is 0 Å². The van der Waals surface area contributed by atoms with Crippen molar-refractivity contribution < 1.29 is 9.90 Å². The van der Waals surface area contributed by atoms with Crippen LogP contribution in [0.15, 0.2) is 0 Å². The molecule has 2 atom stereocenters. The Morgan fingerprint density at radius 1 is 1.31 bits per heavy atom. The fourth-order valence-corrected chi connectivity index (χ4v) is 2.54. The number of carbonyl (C=O) groups is 1. The Morgan fingerprint density at radius 2 is 1.94 bits per heavy atom. The van der Waals surface area contributed by atoms with Crippen LogP contribution in [0, 0.1) is 11.8 Å². The molecule has 0 bridgehead atoms. The highest BCUT2D eigenvalue weighted by Crippen LogP contribution is 2.28. The van der Waals surface area contributed by atoms with Gasteiger partial charge in [-0.25, -0.2) is 0 Å². The zero-order chi connectivity index (χ0) is 12.0. The molecule has 0 heterocycles. The van der Waals surface area contributed by atoms with Gasteiger partial charge in [-0.15, -0.1) is 0 Å². The van der Waals surface area contributed by atoms with Gasteiger partial charge in [0.05, 0.1) is 0 Å². The maximum atomic E-state index is 10.6. The van der Waals surface area contributed by atoms with Crippen LogP contribution in [0.25, 0.3) is 0 Å². The van der Waals surface area contributed by atoms with E-state index in [2.05, 4.69) is 12.2 Å². The van der Waals surface area contributed by atoms with Gasteiger partial charge in [-0.05, 0) is 31.7 Å². The fraction of sp³-hybridized carbons (Fsp3) is 0.923. The molecule has 1 unspecified atom stereocenters. The average molecular weight is 227 g/mol. The van der Waals surface area contributed by atoms with Gasteiger partial charge in [-0.3, -0.25) is 4.79 Å². The van der Waals surface area contributed by atoms with Gasteiger partial charge in [0, 0.05) is 0 Å². The summed E-state index contributed by atoms with van der Waals surface area (Å²) in [5.74, 6) is 0.709. The van der Waals surface area contributed by atoms with E-state index in [1.807, 2.05) is 0 Å². The molecule has 2 N–H and O–H groups in total. The van der Waals surface area contributed by atoms with Crippen LogP contribution in [0.5, 0.6) is 0 Å². The van der Waals surface area contributed by atoms with Crippen LogP contribution >= 0.6 is 0 Å². The van der Waals surface area contributed by atoms with Crippen LogP contribution in [0.3, 0.4) is 0 Å². The summed E-state index contributed by atoms with van der Waals surface area (Å²) in [5.41, 5.74) is 0. The quantitative estimate of drug-likeness (QED) is 0.733. The van der Waals surface area contributed by atoms with Gasteiger partial charge in [-0.1, -0.05) is 39.0 Å². The molecule has 3 nitrogen and oxygen atoms in total. The third-order valence-electron chi connectivity index (χ3n) is 3.60. The number of aliphatic carboxylic acids is 1. The van der Waals surface area contributed by atoms with Gasteiger partial charge < -0.3 is 10.4 Å². The van der Waals surface area contributed by atoms with Gasteiger partial charge in [0.1, 0.15) is 6.04 Å². The topological polar surface area (TPSA) is 49.3 Å². The molecular weight excluding hydrogens is 202 g/mol. The molecule has 3 heteroatoms. The van der Waals surface area contributed by atoms with Gasteiger partial charge in [0.15, 0.2) is 0 Å². The van der Waals surface area contributed by atoms with E-state index in [4.69, 9.17) is 5.11 Å². The van der Waals surface area contributed by atoms with Crippen LogP contribution in [-0.2, 0) is 4.79 Å². The average Bonchev–Trinajstić information content (AvgIpc) is 2.27. The van der Waals surface area contributed by atoms with E-state index in [-0.39, 0.29) is 0 Å². The summed E-state index contributed by atoms with van der Waals surface area (Å²) >= 11 is 0. The van der Waals surface area contributed by atoms with Gasteiger partial charge in [0.25, 0.3) is 0 Å². The van der Waals surface area contributed by atoms with Crippen molar-refractivity contribution in [2.45, 2.75) is 58.4 Å². The lowest BCUT2D eigenvalue weighted by Crippen LogP contribution is -2.36. The number of rotatable bonds is 6. The van der Waals surface area contributed by atoms with E-state index in [1.54, 1.807) is 6.92 Å². The number of carboxylic acid groups (broad SMARTS) is 1. The van der Waals surface area contributed by atoms with E-state index >= 15 is 0 Å². The van der Waals surface area contributed by atoms with E-state index in [1.165, 1.54) is 38.5 Å². The Labute approximate surface area is 98.6 Å². The lowest BCUT2D eigenvalue weighted by atomic mass is 9.83. The van der Waals surface area contributed by atoms with Crippen molar-refractivity contribution in [3.8, 4) is 0 Å². The molecule has 1 saturated carbocycles. The largest absolute Gasteiger partial charge is 0.480 e. The molecular formula is C13H25NO2. The zero-order valence-corrected chi connectivity index (χ0v) is 10.5. The molecule has 0 aromatic rings. The van der Waals surface area contributed by atoms with Crippen molar-refractivity contribution in [1.29, 1.82) is 0 Å². The number of hydrogen-bond acceptors (Lipinski definition) is 2. The summed E-state index contributed by atoms with van der Waals surface area (Å²) in [7, 11) is 0. The summed E-state index contributed by atoms with van der Waals surface area (Å²) in [5, 5.41) is 11.8. The highest BCUT2D eigenvalue weighted by Gasteiger charge is 2.17. The SMILES string of the molecule is CC(CN[C@@H](C)C(=O)O)CC1CCCCC1. The summed E-state index contributed by atoms with van der Waals surface area (Å²) in [6.07, 6.45) is 8.17. The highest BCUT2D eigenvalue weighted by molar-refractivity contribution is 5.72. The lowest BCUT2D eigenvalue weighted by molar-refractivity contribution is -0.139. The molecule has 16 heavy (non-hydrogen) atoms. The van der Waals surface area contributed by atoms with Crippen molar-refractivity contribution in [1.82, 2.24) is 5.32 Å².